The molecule has 4 saturated heterocycles. The van der Waals surface area contributed by atoms with Gasteiger partial charge in [0.1, 0.15) is 17.3 Å². The van der Waals surface area contributed by atoms with Crippen molar-refractivity contribution in [2.45, 2.75) is 70.4 Å². The molecule has 5 aliphatic rings. The van der Waals surface area contributed by atoms with Gasteiger partial charge in [0.2, 0.25) is 5.79 Å². The second-order valence-electron chi connectivity index (χ2n) is 10.0. The standard InChI is InChI=1S/C23H27F2N3O4/c1-12-4-5-18-13(2)20(28-11-19(26-27-28)14-8-15(24)10-16(25)9-14)29-21-23(18)17(12)6-7-22(3,30-21)31-32-23/h8-13,17-18,20-21H,4-7H2,1-3H3/t12-,13+,17+,18+,20+,21-,22+,23-/m1/s1. The first kappa shape index (κ1) is 20.7. The van der Waals surface area contributed by atoms with E-state index in [1.807, 2.05) is 6.92 Å². The summed E-state index contributed by atoms with van der Waals surface area (Å²) in [7, 11) is 0. The third-order valence-corrected chi connectivity index (χ3v) is 8.05. The lowest BCUT2D eigenvalue weighted by atomic mass is 9.58. The van der Waals surface area contributed by atoms with E-state index in [-0.39, 0.29) is 17.8 Å². The van der Waals surface area contributed by atoms with Crippen LogP contribution in [0, 0.1) is 35.3 Å². The van der Waals surface area contributed by atoms with Crippen molar-refractivity contribution >= 4 is 0 Å². The van der Waals surface area contributed by atoms with E-state index in [1.54, 1.807) is 10.9 Å². The molecular weight excluding hydrogens is 420 g/mol. The van der Waals surface area contributed by atoms with Gasteiger partial charge in [0.15, 0.2) is 18.1 Å². The lowest BCUT2D eigenvalue weighted by Gasteiger charge is -2.60. The molecule has 7 rings (SSSR count). The van der Waals surface area contributed by atoms with Crippen molar-refractivity contribution in [2.24, 2.45) is 23.7 Å². The summed E-state index contributed by atoms with van der Waals surface area (Å²) in [6.07, 6.45) is 4.40. The second-order valence-corrected chi connectivity index (χ2v) is 10.0. The zero-order valence-corrected chi connectivity index (χ0v) is 18.3. The smallest absolute Gasteiger partial charge is 0.201 e. The molecule has 0 unspecified atom stereocenters. The summed E-state index contributed by atoms with van der Waals surface area (Å²) >= 11 is 0. The van der Waals surface area contributed by atoms with Gasteiger partial charge in [-0.25, -0.2) is 23.2 Å². The van der Waals surface area contributed by atoms with Crippen molar-refractivity contribution < 1.29 is 28.0 Å². The SMILES string of the molecule is C[C@@H]1[C@@H](n2cc(-c3cc(F)cc(F)c3)nn2)O[C@@H]2O[C@]3(C)CC[C@H]4[C@H](C)CC[C@@H]1[C@@]24OO3. The van der Waals surface area contributed by atoms with Crippen molar-refractivity contribution in [2.75, 3.05) is 0 Å². The fourth-order valence-electron chi connectivity index (χ4n) is 6.42. The number of ether oxygens (including phenoxy) is 2. The third-order valence-electron chi connectivity index (χ3n) is 8.05. The van der Waals surface area contributed by atoms with Crippen LogP contribution in [-0.2, 0) is 19.2 Å². The first-order valence-corrected chi connectivity index (χ1v) is 11.4. The van der Waals surface area contributed by atoms with Gasteiger partial charge in [0, 0.05) is 29.9 Å². The monoisotopic (exact) mass is 447 g/mol. The van der Waals surface area contributed by atoms with Gasteiger partial charge in [-0.2, -0.15) is 0 Å². The van der Waals surface area contributed by atoms with Crippen molar-refractivity contribution in [3.05, 3.63) is 36.0 Å². The van der Waals surface area contributed by atoms with E-state index in [0.29, 0.717) is 17.2 Å². The van der Waals surface area contributed by atoms with Crippen LogP contribution in [0.1, 0.15) is 52.7 Å². The van der Waals surface area contributed by atoms with Gasteiger partial charge >= 0.3 is 0 Å². The highest BCUT2D eigenvalue weighted by molar-refractivity contribution is 5.57. The predicted octanol–water partition coefficient (Wildman–Crippen LogP) is 4.60. The number of aromatic nitrogens is 3. The number of nitrogens with zero attached hydrogens (tertiary/aromatic N) is 3. The highest BCUT2D eigenvalue weighted by Crippen LogP contribution is 2.61. The molecule has 32 heavy (non-hydrogen) atoms. The Bertz CT molecular complexity index is 1030. The summed E-state index contributed by atoms with van der Waals surface area (Å²) in [4.78, 5) is 12.0. The van der Waals surface area contributed by atoms with Gasteiger partial charge < -0.3 is 9.47 Å². The first-order valence-electron chi connectivity index (χ1n) is 11.4. The molecule has 2 bridgehead atoms. The lowest BCUT2D eigenvalue weighted by molar-refractivity contribution is -0.574. The molecule has 1 aliphatic carbocycles. The Kier molecular flexibility index (Phi) is 4.54. The summed E-state index contributed by atoms with van der Waals surface area (Å²) in [6, 6.07) is 3.31. The van der Waals surface area contributed by atoms with Crippen LogP contribution < -0.4 is 0 Å². The highest BCUT2D eigenvalue weighted by Gasteiger charge is 2.69. The fourth-order valence-corrected chi connectivity index (χ4v) is 6.42. The Balaban J connectivity index is 1.37. The van der Waals surface area contributed by atoms with Crippen LogP contribution in [0.4, 0.5) is 8.78 Å². The van der Waals surface area contributed by atoms with Gasteiger partial charge in [0.05, 0.1) is 6.20 Å². The Morgan fingerprint density at radius 1 is 1.03 bits per heavy atom. The van der Waals surface area contributed by atoms with Crippen molar-refractivity contribution in [3.63, 3.8) is 0 Å². The summed E-state index contributed by atoms with van der Waals surface area (Å²) in [6.45, 7) is 6.29. The van der Waals surface area contributed by atoms with E-state index in [2.05, 4.69) is 24.2 Å². The molecule has 172 valence electrons. The number of halogens is 2. The average Bonchev–Trinajstić information content (AvgIpc) is 3.12. The van der Waals surface area contributed by atoms with Crippen molar-refractivity contribution in [1.82, 2.24) is 15.0 Å². The number of hydrogen-bond donors (Lipinski definition) is 0. The van der Waals surface area contributed by atoms with Crippen molar-refractivity contribution in [1.29, 1.82) is 0 Å². The Morgan fingerprint density at radius 3 is 2.59 bits per heavy atom. The largest absolute Gasteiger partial charge is 0.324 e. The Labute approximate surface area is 184 Å². The molecule has 2 aromatic rings. The number of hydrogen-bond acceptors (Lipinski definition) is 6. The summed E-state index contributed by atoms with van der Waals surface area (Å²) < 4.78 is 41.9. The third kappa shape index (κ3) is 2.91. The maximum Gasteiger partial charge on any atom is 0.201 e. The zero-order valence-electron chi connectivity index (χ0n) is 18.3. The van der Waals surface area contributed by atoms with E-state index in [0.717, 1.165) is 31.7 Å². The van der Waals surface area contributed by atoms with E-state index >= 15 is 0 Å². The molecule has 5 fully saturated rings. The van der Waals surface area contributed by atoms with Gasteiger partial charge in [-0.3, -0.25) is 0 Å². The minimum absolute atomic E-state index is 0.0368. The molecule has 9 heteroatoms. The van der Waals surface area contributed by atoms with E-state index in [4.69, 9.17) is 19.2 Å². The minimum atomic E-state index is -0.852. The minimum Gasteiger partial charge on any atom is -0.324 e. The normalized spacial score (nSPS) is 43.0. The lowest BCUT2D eigenvalue weighted by Crippen LogP contribution is -2.69. The number of fused-ring (bicyclic) bond motifs is 2. The summed E-state index contributed by atoms with van der Waals surface area (Å²) in [5.74, 6) is -1.22. The van der Waals surface area contributed by atoms with Crippen LogP contribution in [0.5, 0.6) is 0 Å². The molecule has 7 nitrogen and oxygen atoms in total. The molecule has 4 aliphatic heterocycles. The molecule has 0 amide bonds. The maximum absolute atomic E-state index is 13.7. The van der Waals surface area contributed by atoms with E-state index < -0.39 is 35.5 Å². The quantitative estimate of drug-likeness (QED) is 0.627. The molecular formula is C23H27F2N3O4. The molecule has 1 aromatic carbocycles. The summed E-state index contributed by atoms with van der Waals surface area (Å²) in [5.41, 5.74) is 0.0531. The van der Waals surface area contributed by atoms with E-state index in [1.165, 1.54) is 12.1 Å². The van der Waals surface area contributed by atoms with Crippen LogP contribution in [0.25, 0.3) is 11.3 Å². The molecule has 1 spiro atoms. The van der Waals surface area contributed by atoms with E-state index in [9.17, 15) is 8.78 Å². The zero-order chi connectivity index (χ0) is 22.3. The molecule has 0 radical (unpaired) electrons. The van der Waals surface area contributed by atoms with Gasteiger partial charge in [0.25, 0.3) is 0 Å². The average molecular weight is 447 g/mol. The second kappa shape index (κ2) is 7.03. The topological polar surface area (TPSA) is 67.6 Å². The number of rotatable bonds is 2. The van der Waals surface area contributed by atoms with Crippen molar-refractivity contribution in [3.8, 4) is 11.3 Å². The predicted molar refractivity (Wildman–Crippen MR) is 107 cm³/mol. The van der Waals surface area contributed by atoms with Gasteiger partial charge in [-0.15, -0.1) is 5.10 Å². The number of benzene rings is 1. The molecule has 8 atom stereocenters. The van der Waals surface area contributed by atoms with Gasteiger partial charge in [-0.1, -0.05) is 19.1 Å². The molecule has 1 saturated carbocycles. The van der Waals surface area contributed by atoms with Crippen LogP contribution in [0.3, 0.4) is 0 Å². The van der Waals surface area contributed by atoms with Crippen LogP contribution in [-0.4, -0.2) is 32.7 Å². The van der Waals surface area contributed by atoms with Crippen LogP contribution in [0.15, 0.2) is 24.4 Å². The van der Waals surface area contributed by atoms with Gasteiger partial charge in [-0.05, 0) is 50.2 Å². The maximum atomic E-state index is 13.7. The molecule has 0 N–H and O–H groups in total. The first-order chi connectivity index (χ1) is 15.3. The highest BCUT2D eigenvalue weighted by atomic mass is 19.1. The van der Waals surface area contributed by atoms with Crippen LogP contribution >= 0.6 is 0 Å². The molecule has 1 aromatic heterocycles. The fraction of sp³-hybridized carbons (Fsp3) is 0.652. The Morgan fingerprint density at radius 2 is 1.81 bits per heavy atom. The molecule has 5 heterocycles. The summed E-state index contributed by atoms with van der Waals surface area (Å²) in [5, 5.41) is 8.41. The Hall–Kier alpha value is -1.94. The van der Waals surface area contributed by atoms with Crippen LogP contribution in [0.2, 0.25) is 0 Å².